The molecule has 0 heterocycles. The number of nitrogens with zero attached hydrogens (tertiary/aromatic N) is 2. The van der Waals surface area contributed by atoms with Crippen molar-refractivity contribution < 1.29 is 9.72 Å². The first-order chi connectivity index (χ1) is 10.1. The summed E-state index contributed by atoms with van der Waals surface area (Å²) >= 11 is 0. The Morgan fingerprint density at radius 2 is 1.76 bits per heavy atom. The van der Waals surface area contributed by atoms with Crippen LogP contribution in [0.25, 0.3) is 0 Å². The molecule has 2 rings (SSSR count). The number of benzene rings is 2. The lowest BCUT2D eigenvalue weighted by molar-refractivity contribution is -0.385. The summed E-state index contributed by atoms with van der Waals surface area (Å²) in [6.07, 6.45) is 0. The van der Waals surface area contributed by atoms with Gasteiger partial charge in [0.1, 0.15) is 0 Å². The minimum atomic E-state index is -1.24. The smallest absolute Gasteiger partial charge is 0.274 e. The van der Waals surface area contributed by atoms with Crippen LogP contribution in [0.4, 0.5) is 11.4 Å². The molecule has 0 aliphatic heterocycles. The molecule has 0 bridgehead atoms. The van der Waals surface area contributed by atoms with Gasteiger partial charge in [0.2, 0.25) is 5.91 Å². The maximum atomic E-state index is 12.2. The first-order valence-electron chi connectivity index (χ1n) is 6.12. The Balaban J connectivity index is 2.30. The molecule has 2 aromatic carbocycles. The van der Waals surface area contributed by atoms with Crippen LogP contribution in [-0.2, 0) is 4.79 Å². The van der Waals surface area contributed by atoms with Crippen molar-refractivity contribution in [3.05, 3.63) is 70.3 Å². The second-order valence-corrected chi connectivity index (χ2v) is 4.23. The van der Waals surface area contributed by atoms with E-state index in [1.807, 2.05) is 6.07 Å². The highest BCUT2D eigenvalue weighted by atomic mass is 16.6. The van der Waals surface area contributed by atoms with E-state index < -0.39 is 16.7 Å². The van der Waals surface area contributed by atoms with Crippen molar-refractivity contribution in [3.8, 4) is 6.07 Å². The highest BCUT2D eigenvalue weighted by Crippen LogP contribution is 2.27. The number of carbonyl (C=O) groups is 1. The molecule has 0 saturated carbocycles. The van der Waals surface area contributed by atoms with E-state index in [1.54, 1.807) is 36.4 Å². The maximum absolute atomic E-state index is 12.2. The third-order valence-corrected chi connectivity index (χ3v) is 2.88. The molecular formula is C15H11N3O3. The van der Waals surface area contributed by atoms with Gasteiger partial charge in [-0.15, -0.1) is 0 Å². The molecule has 21 heavy (non-hydrogen) atoms. The molecular weight excluding hydrogens is 270 g/mol. The van der Waals surface area contributed by atoms with Gasteiger partial charge in [-0.2, -0.15) is 5.26 Å². The topological polar surface area (TPSA) is 96.0 Å². The normalized spacial score (nSPS) is 11.2. The van der Waals surface area contributed by atoms with E-state index in [-0.39, 0.29) is 11.3 Å². The summed E-state index contributed by atoms with van der Waals surface area (Å²) in [7, 11) is 0. The molecule has 0 fully saturated rings. The van der Waals surface area contributed by atoms with Gasteiger partial charge < -0.3 is 5.32 Å². The number of nitro benzene ring substituents is 1. The molecule has 0 aromatic heterocycles. The number of nitrogens with one attached hydrogen (secondary N) is 1. The zero-order chi connectivity index (χ0) is 15.2. The third-order valence-electron chi connectivity index (χ3n) is 2.88. The Bertz CT molecular complexity index is 708. The van der Waals surface area contributed by atoms with Gasteiger partial charge >= 0.3 is 0 Å². The molecule has 0 saturated heterocycles. The van der Waals surface area contributed by atoms with Gasteiger partial charge in [-0.1, -0.05) is 36.4 Å². The lowest BCUT2D eigenvalue weighted by atomic mass is 9.98. The molecule has 1 atom stereocenters. The van der Waals surface area contributed by atoms with Gasteiger partial charge in [0, 0.05) is 11.8 Å². The number of para-hydroxylation sites is 2. The van der Waals surface area contributed by atoms with Gasteiger partial charge in [-0.05, 0) is 12.1 Å². The van der Waals surface area contributed by atoms with Gasteiger partial charge in [-0.3, -0.25) is 14.9 Å². The molecule has 6 heteroatoms. The van der Waals surface area contributed by atoms with Gasteiger partial charge in [0.25, 0.3) is 5.69 Å². The van der Waals surface area contributed by atoms with Gasteiger partial charge in [0.15, 0.2) is 5.92 Å². The number of anilines is 1. The lowest BCUT2D eigenvalue weighted by Gasteiger charge is -2.10. The van der Waals surface area contributed by atoms with Crippen LogP contribution in [0.2, 0.25) is 0 Å². The van der Waals surface area contributed by atoms with Crippen LogP contribution in [0.3, 0.4) is 0 Å². The molecule has 1 N–H and O–H groups in total. The monoisotopic (exact) mass is 281 g/mol. The zero-order valence-corrected chi connectivity index (χ0v) is 10.9. The fraction of sp³-hybridized carbons (Fsp3) is 0.0667. The third kappa shape index (κ3) is 3.22. The number of hydrogen-bond donors (Lipinski definition) is 1. The second-order valence-electron chi connectivity index (χ2n) is 4.23. The second kappa shape index (κ2) is 6.30. The minimum Gasteiger partial charge on any atom is -0.325 e. The summed E-state index contributed by atoms with van der Waals surface area (Å²) in [4.78, 5) is 22.5. The standard InChI is InChI=1S/C15H11N3O3/c16-10-13(12-8-4-5-9-14(12)18(20)21)15(19)17-11-6-2-1-3-7-11/h1-9,13H,(H,17,19). The molecule has 0 spiro atoms. The number of hydrogen-bond acceptors (Lipinski definition) is 4. The number of nitro groups is 1. The Morgan fingerprint density at radius 1 is 1.14 bits per heavy atom. The fourth-order valence-electron chi connectivity index (χ4n) is 1.90. The minimum absolute atomic E-state index is 0.0819. The van der Waals surface area contributed by atoms with Gasteiger partial charge in [-0.25, -0.2) is 0 Å². The summed E-state index contributed by atoms with van der Waals surface area (Å²) in [6.45, 7) is 0. The van der Waals surface area contributed by atoms with Crippen LogP contribution in [0.1, 0.15) is 11.5 Å². The lowest BCUT2D eigenvalue weighted by Crippen LogP contribution is -2.20. The fourth-order valence-corrected chi connectivity index (χ4v) is 1.90. The first kappa shape index (κ1) is 14.2. The highest BCUT2D eigenvalue weighted by molar-refractivity contribution is 5.98. The predicted octanol–water partition coefficient (Wildman–Crippen LogP) is 2.84. The van der Waals surface area contributed by atoms with Crippen LogP contribution < -0.4 is 5.32 Å². The highest BCUT2D eigenvalue weighted by Gasteiger charge is 2.27. The van der Waals surface area contributed by atoms with Crippen LogP contribution in [0, 0.1) is 21.4 Å². The molecule has 0 aliphatic carbocycles. The van der Waals surface area contributed by atoms with Gasteiger partial charge in [0.05, 0.1) is 16.6 Å². The maximum Gasteiger partial charge on any atom is 0.274 e. The van der Waals surface area contributed by atoms with Crippen molar-refractivity contribution in [2.75, 3.05) is 5.32 Å². The van der Waals surface area contributed by atoms with E-state index in [0.717, 1.165) is 0 Å². The van der Waals surface area contributed by atoms with E-state index in [9.17, 15) is 20.2 Å². The Kier molecular flexibility index (Phi) is 4.26. The molecule has 2 aromatic rings. The Morgan fingerprint density at radius 3 is 2.38 bits per heavy atom. The molecule has 1 amide bonds. The SMILES string of the molecule is N#CC(C(=O)Nc1ccccc1)c1ccccc1[N+](=O)[O-]. The summed E-state index contributed by atoms with van der Waals surface area (Å²) in [5.74, 6) is -1.84. The van der Waals surface area contributed by atoms with Crippen molar-refractivity contribution in [1.29, 1.82) is 5.26 Å². The Hall–Kier alpha value is -3.20. The first-order valence-corrected chi connectivity index (χ1v) is 6.12. The van der Waals surface area contributed by atoms with Crippen LogP contribution in [0.5, 0.6) is 0 Å². The van der Waals surface area contributed by atoms with E-state index in [0.29, 0.717) is 5.69 Å². The quantitative estimate of drug-likeness (QED) is 0.688. The number of nitriles is 1. The molecule has 104 valence electrons. The molecule has 0 aliphatic rings. The zero-order valence-electron chi connectivity index (χ0n) is 10.9. The predicted molar refractivity (Wildman–Crippen MR) is 76.5 cm³/mol. The average molecular weight is 281 g/mol. The molecule has 6 nitrogen and oxygen atoms in total. The van der Waals surface area contributed by atoms with Crippen LogP contribution >= 0.6 is 0 Å². The van der Waals surface area contributed by atoms with Crippen molar-refractivity contribution in [2.45, 2.75) is 5.92 Å². The molecule has 1 unspecified atom stereocenters. The summed E-state index contributed by atoms with van der Waals surface area (Å²) in [6, 6.07) is 16.2. The summed E-state index contributed by atoms with van der Waals surface area (Å²) in [5.41, 5.74) is 0.368. The number of carbonyl (C=O) groups excluding carboxylic acids is 1. The van der Waals surface area contributed by atoms with Crippen LogP contribution in [-0.4, -0.2) is 10.8 Å². The summed E-state index contributed by atoms with van der Waals surface area (Å²) < 4.78 is 0. The van der Waals surface area contributed by atoms with Crippen molar-refractivity contribution in [3.63, 3.8) is 0 Å². The van der Waals surface area contributed by atoms with E-state index in [2.05, 4.69) is 5.32 Å². The number of rotatable bonds is 4. The molecule has 0 radical (unpaired) electrons. The van der Waals surface area contributed by atoms with Crippen LogP contribution in [0.15, 0.2) is 54.6 Å². The average Bonchev–Trinajstić information content (AvgIpc) is 2.49. The van der Waals surface area contributed by atoms with E-state index in [1.165, 1.54) is 18.2 Å². The van der Waals surface area contributed by atoms with Crippen molar-refractivity contribution in [1.82, 2.24) is 0 Å². The summed E-state index contributed by atoms with van der Waals surface area (Å²) in [5, 5.41) is 22.8. The van der Waals surface area contributed by atoms with Crippen molar-refractivity contribution in [2.24, 2.45) is 0 Å². The van der Waals surface area contributed by atoms with E-state index >= 15 is 0 Å². The Labute approximate surface area is 120 Å². The number of amides is 1. The largest absolute Gasteiger partial charge is 0.325 e. The van der Waals surface area contributed by atoms with Crippen molar-refractivity contribution >= 4 is 17.3 Å². The van der Waals surface area contributed by atoms with E-state index in [4.69, 9.17) is 0 Å².